The number of thioether (sulfide) groups is 1. The van der Waals surface area contributed by atoms with Gasteiger partial charge in [0, 0.05) is 47.9 Å². The number of ketones is 2. The fourth-order valence-electron chi connectivity index (χ4n) is 5.82. The Morgan fingerprint density at radius 3 is 2.37 bits per heavy atom. The van der Waals surface area contributed by atoms with Crippen molar-refractivity contribution in [1.29, 1.82) is 0 Å². The number of allylic oxidation sites excluding steroid dienone is 1. The number of nitrogens with one attached hydrogen (secondary N) is 2. The second-order valence-corrected chi connectivity index (χ2v) is 19.3. The van der Waals surface area contributed by atoms with Crippen molar-refractivity contribution in [3.63, 3.8) is 0 Å². The lowest BCUT2D eigenvalue weighted by atomic mass is 9.87. The lowest BCUT2D eigenvalue weighted by Gasteiger charge is -2.30. The van der Waals surface area contributed by atoms with Crippen molar-refractivity contribution in [2.45, 2.75) is 50.9 Å². The number of hydrogen-bond donors (Lipinski definition) is 9. The standard InChI is InChI=1S/C32H40N7O19P3S/c1-32(2,26(44)29(45)35-8-7-21(41)34-9-10-62-31(46)18-11-19(40)16-5-3-4-6-17(16)23(18)42)13-55-61(52,53)58-60(50,51)54-12-20-25(57-59(47,48)49)24(43)30(56-20)39-15-38-22-27(33)36-14-37-28(22)39/h3-6,11,14-15,20,24-26,30,43-44H,7-10,12-13H2,1-2H3,(H,34,41)(H,35,45)(H,50,51)(H,52,53)(H2,33,36,37)(H2,47,48,49)/t20-,24-,25-,26+,30-/m1/s1. The Balaban J connectivity index is 1.04. The van der Waals surface area contributed by atoms with E-state index < -0.39 is 101 Å². The van der Waals surface area contributed by atoms with Crippen LogP contribution in [0.15, 0.2) is 48.6 Å². The number of nitrogens with zero attached hydrogens (tertiary/aromatic N) is 4. The molecule has 1 aliphatic carbocycles. The minimum absolute atomic E-state index is 0.0153. The molecule has 3 heterocycles. The van der Waals surface area contributed by atoms with E-state index >= 15 is 0 Å². The Morgan fingerprint density at radius 1 is 1.00 bits per heavy atom. The van der Waals surface area contributed by atoms with Crippen molar-refractivity contribution in [3.05, 3.63) is 59.7 Å². The van der Waals surface area contributed by atoms with E-state index in [-0.39, 0.29) is 58.9 Å². The number of imidazole rings is 1. The highest BCUT2D eigenvalue weighted by Crippen LogP contribution is 2.61. The quantitative estimate of drug-likeness (QED) is 0.0398. The Labute approximate surface area is 354 Å². The Hall–Kier alpha value is -4.14. The summed E-state index contributed by atoms with van der Waals surface area (Å²) < 4.78 is 62.2. The summed E-state index contributed by atoms with van der Waals surface area (Å²) in [6, 6.07) is 6.09. The molecular formula is C32H40N7O19P3S. The van der Waals surface area contributed by atoms with E-state index in [0.29, 0.717) is 11.8 Å². The summed E-state index contributed by atoms with van der Waals surface area (Å²) in [6.07, 6.45) is -6.22. The number of anilines is 1. The van der Waals surface area contributed by atoms with E-state index in [4.69, 9.17) is 19.5 Å². The topological polar surface area (TPSA) is 398 Å². The molecule has 0 bridgehead atoms. The number of carbonyl (C=O) groups is 5. The van der Waals surface area contributed by atoms with Crippen molar-refractivity contribution in [2.24, 2.45) is 5.41 Å². The molecule has 62 heavy (non-hydrogen) atoms. The molecule has 1 saturated heterocycles. The zero-order chi connectivity index (χ0) is 45.8. The predicted octanol–water partition coefficient (Wildman–Crippen LogP) is -0.330. The molecule has 2 aliphatic rings. The van der Waals surface area contributed by atoms with Crippen LogP contribution in [0.3, 0.4) is 0 Å². The van der Waals surface area contributed by atoms with Crippen LogP contribution in [0.1, 0.15) is 47.2 Å². The van der Waals surface area contributed by atoms with E-state index in [1.807, 2.05) is 0 Å². The van der Waals surface area contributed by atoms with Crippen LogP contribution in [0.25, 0.3) is 11.2 Å². The molecule has 0 radical (unpaired) electrons. The lowest BCUT2D eigenvalue weighted by molar-refractivity contribution is -0.137. The molecule has 0 spiro atoms. The average molecular weight is 952 g/mol. The monoisotopic (exact) mass is 951 g/mol. The molecule has 1 aliphatic heterocycles. The third-order valence-corrected chi connectivity index (χ3v) is 12.9. The maximum atomic E-state index is 12.7. The van der Waals surface area contributed by atoms with Crippen molar-refractivity contribution in [3.8, 4) is 0 Å². The summed E-state index contributed by atoms with van der Waals surface area (Å²) in [7, 11) is -16.5. The number of Topliss-reactive ketones (excluding diaryl/α,β-unsaturated/α-hetero) is 1. The van der Waals surface area contributed by atoms with Crippen LogP contribution < -0.4 is 16.4 Å². The summed E-state index contributed by atoms with van der Waals surface area (Å²) in [5.74, 6) is -2.67. The Bertz CT molecular complexity index is 2410. The first kappa shape index (κ1) is 48.9. The van der Waals surface area contributed by atoms with Crippen molar-refractivity contribution in [2.75, 3.05) is 37.8 Å². The smallest absolute Gasteiger partial charge is 0.386 e. The molecule has 7 atom stereocenters. The lowest BCUT2D eigenvalue weighted by Crippen LogP contribution is -2.46. The van der Waals surface area contributed by atoms with Gasteiger partial charge < -0.3 is 50.9 Å². The van der Waals surface area contributed by atoms with Gasteiger partial charge in [-0.2, -0.15) is 4.31 Å². The van der Waals surface area contributed by atoms with Crippen LogP contribution in [-0.2, 0) is 50.7 Å². The molecule has 2 aromatic heterocycles. The summed E-state index contributed by atoms with van der Waals surface area (Å²) >= 11 is 0.716. The minimum atomic E-state index is -5.61. The fraction of sp³-hybridized carbons (Fsp3) is 0.438. The van der Waals surface area contributed by atoms with E-state index in [1.165, 1.54) is 26.0 Å². The molecular weight excluding hydrogens is 911 g/mol. The SMILES string of the molecule is CC(C)(COP(=O)(O)OP(=O)(O)OC[C@H]1O[C@@H](n2cnc3c(N)ncnc32)[C@H](O)[C@@H]1OP(=O)(O)O)[C@@H](O)C(=O)NCCC(=O)NCCSC(=O)C1=CC(=O)c2ccccc2C1=O. The number of benzene rings is 1. The molecule has 26 nitrogen and oxygen atoms in total. The highest BCUT2D eigenvalue weighted by molar-refractivity contribution is 8.14. The molecule has 338 valence electrons. The first-order chi connectivity index (χ1) is 28.9. The normalized spacial score (nSPS) is 21.7. The molecule has 5 rings (SSSR count). The molecule has 30 heteroatoms. The number of phosphoric ester groups is 3. The number of aliphatic hydroxyl groups is 2. The van der Waals surface area contributed by atoms with E-state index in [9.17, 15) is 67.5 Å². The molecule has 1 aromatic carbocycles. The van der Waals surface area contributed by atoms with Gasteiger partial charge in [0.15, 0.2) is 29.3 Å². The number of amides is 2. The number of ether oxygens (including phenoxy) is 1. The van der Waals surface area contributed by atoms with Gasteiger partial charge in [-0.1, -0.05) is 49.9 Å². The second-order valence-electron chi connectivity index (χ2n) is 14.0. The van der Waals surface area contributed by atoms with Crippen LogP contribution >= 0.6 is 35.2 Å². The van der Waals surface area contributed by atoms with Crippen molar-refractivity contribution < 1.29 is 90.1 Å². The van der Waals surface area contributed by atoms with E-state index in [0.717, 1.165) is 23.3 Å². The third-order valence-electron chi connectivity index (χ3n) is 8.91. The van der Waals surface area contributed by atoms with Crippen molar-refractivity contribution >= 4 is 80.7 Å². The van der Waals surface area contributed by atoms with Crippen LogP contribution in [0.5, 0.6) is 0 Å². The second kappa shape index (κ2) is 19.7. The number of nitrogen functional groups attached to an aromatic ring is 1. The summed E-state index contributed by atoms with van der Waals surface area (Å²) in [4.78, 5) is 113. The average Bonchev–Trinajstić information content (AvgIpc) is 3.75. The zero-order valence-electron chi connectivity index (χ0n) is 32.3. The zero-order valence-corrected chi connectivity index (χ0v) is 35.8. The predicted molar refractivity (Wildman–Crippen MR) is 210 cm³/mol. The molecule has 0 saturated carbocycles. The Morgan fingerprint density at radius 2 is 1.68 bits per heavy atom. The summed E-state index contributed by atoms with van der Waals surface area (Å²) in [5, 5.41) is 25.7. The fourth-order valence-corrected chi connectivity index (χ4v) is 9.34. The Kier molecular flexibility index (Phi) is 15.5. The summed E-state index contributed by atoms with van der Waals surface area (Å²) in [6.45, 7) is 0.0415. The number of nitrogens with two attached hydrogens (primary N) is 1. The van der Waals surface area contributed by atoms with Crippen LogP contribution in [0.4, 0.5) is 5.82 Å². The van der Waals surface area contributed by atoms with Gasteiger partial charge in [0.25, 0.3) is 0 Å². The molecule has 3 aromatic rings. The van der Waals surface area contributed by atoms with Gasteiger partial charge >= 0.3 is 23.5 Å². The maximum Gasteiger partial charge on any atom is 0.481 e. The van der Waals surface area contributed by atoms with Gasteiger partial charge in [-0.05, 0) is 0 Å². The van der Waals surface area contributed by atoms with Gasteiger partial charge in [-0.15, -0.1) is 0 Å². The minimum Gasteiger partial charge on any atom is -0.386 e. The van der Waals surface area contributed by atoms with Crippen molar-refractivity contribution in [1.82, 2.24) is 30.2 Å². The third kappa shape index (κ3) is 12.3. The van der Waals surface area contributed by atoms with Gasteiger partial charge in [0.05, 0.1) is 25.1 Å². The van der Waals surface area contributed by atoms with Crippen LogP contribution in [-0.4, -0.2) is 134 Å². The molecule has 2 unspecified atom stereocenters. The number of rotatable bonds is 20. The van der Waals surface area contributed by atoms with E-state index in [2.05, 4.69) is 34.4 Å². The van der Waals surface area contributed by atoms with Crippen LogP contribution in [0.2, 0.25) is 0 Å². The molecule has 2 amide bonds. The van der Waals surface area contributed by atoms with Crippen LogP contribution in [0, 0.1) is 5.41 Å². The first-order valence-corrected chi connectivity index (χ1v) is 23.4. The number of phosphoric acid groups is 3. The number of carbonyl (C=O) groups excluding carboxylic acids is 5. The van der Waals surface area contributed by atoms with E-state index in [1.54, 1.807) is 12.1 Å². The van der Waals surface area contributed by atoms with Gasteiger partial charge in [0.2, 0.25) is 16.9 Å². The van der Waals surface area contributed by atoms with Gasteiger partial charge in [-0.3, -0.25) is 42.1 Å². The number of fused-ring (bicyclic) bond motifs is 2. The number of aliphatic hydroxyl groups excluding tert-OH is 2. The first-order valence-electron chi connectivity index (χ1n) is 17.9. The highest BCUT2D eigenvalue weighted by Gasteiger charge is 2.50. The summed E-state index contributed by atoms with van der Waals surface area (Å²) in [5.41, 5.74) is 4.21. The van der Waals surface area contributed by atoms with Gasteiger partial charge in [-0.25, -0.2) is 28.6 Å². The number of hydrogen-bond acceptors (Lipinski definition) is 20. The largest absolute Gasteiger partial charge is 0.481 e. The van der Waals surface area contributed by atoms with Gasteiger partial charge in [0.1, 0.15) is 36.3 Å². The molecule has 10 N–H and O–H groups in total. The number of aromatic nitrogens is 4. The maximum absolute atomic E-state index is 12.7. The highest BCUT2D eigenvalue weighted by atomic mass is 32.2. The molecule has 1 fully saturated rings.